The normalized spacial score (nSPS) is 12.6. The molecule has 1 aromatic carbocycles. The minimum Gasteiger partial charge on any atom is -0.459 e. The molecule has 26 heavy (non-hydrogen) atoms. The van der Waals surface area contributed by atoms with Gasteiger partial charge in [0.05, 0.1) is 6.26 Å². The first-order valence-corrected chi connectivity index (χ1v) is 8.57. The number of nitrogens with zero attached hydrogens (tertiary/aromatic N) is 1. The second-order valence-corrected chi connectivity index (χ2v) is 6.15. The number of anilines is 2. The van der Waals surface area contributed by atoms with Gasteiger partial charge in [-0.3, -0.25) is 14.4 Å². The van der Waals surface area contributed by atoms with E-state index in [1.807, 2.05) is 12.1 Å². The number of carbonyl (C=O) groups is 3. The summed E-state index contributed by atoms with van der Waals surface area (Å²) >= 11 is 0. The van der Waals surface area contributed by atoms with E-state index in [0.717, 1.165) is 23.4 Å². The fourth-order valence-electron chi connectivity index (χ4n) is 2.98. The maximum Gasteiger partial charge on any atom is 0.286 e. The Bertz CT molecular complexity index is 814. The van der Waals surface area contributed by atoms with Gasteiger partial charge in [-0.05, 0) is 48.7 Å². The van der Waals surface area contributed by atoms with Crippen LogP contribution in [0, 0.1) is 0 Å². The van der Waals surface area contributed by atoms with Gasteiger partial charge in [-0.15, -0.1) is 0 Å². The molecule has 1 aliphatic heterocycles. The molecule has 0 aliphatic carbocycles. The lowest BCUT2D eigenvalue weighted by molar-refractivity contribution is -0.117. The zero-order valence-electron chi connectivity index (χ0n) is 14.6. The summed E-state index contributed by atoms with van der Waals surface area (Å²) < 4.78 is 5.00. The highest BCUT2D eigenvalue weighted by Crippen LogP contribution is 2.30. The first-order chi connectivity index (χ1) is 12.5. The van der Waals surface area contributed by atoms with Gasteiger partial charge in [0, 0.05) is 37.8 Å². The Kier molecular flexibility index (Phi) is 5.36. The van der Waals surface area contributed by atoms with Gasteiger partial charge in [0.15, 0.2) is 5.76 Å². The third kappa shape index (κ3) is 4.11. The van der Waals surface area contributed by atoms with E-state index in [-0.39, 0.29) is 23.5 Å². The molecule has 3 amide bonds. The molecule has 136 valence electrons. The van der Waals surface area contributed by atoms with Crippen LogP contribution in [0.3, 0.4) is 0 Å². The minimum absolute atomic E-state index is 0.0251. The molecule has 0 saturated carbocycles. The van der Waals surface area contributed by atoms with Crippen molar-refractivity contribution in [1.29, 1.82) is 0 Å². The van der Waals surface area contributed by atoms with E-state index >= 15 is 0 Å². The number of benzene rings is 1. The second kappa shape index (κ2) is 7.86. The van der Waals surface area contributed by atoms with Crippen LogP contribution < -0.4 is 15.5 Å². The third-order valence-electron chi connectivity index (χ3n) is 4.25. The lowest BCUT2D eigenvalue weighted by atomic mass is 10.1. The van der Waals surface area contributed by atoms with Crippen LogP contribution in [-0.2, 0) is 16.0 Å². The van der Waals surface area contributed by atoms with Gasteiger partial charge < -0.3 is 20.0 Å². The highest BCUT2D eigenvalue weighted by molar-refractivity contribution is 5.95. The molecule has 2 heterocycles. The van der Waals surface area contributed by atoms with Crippen molar-refractivity contribution >= 4 is 29.1 Å². The van der Waals surface area contributed by atoms with Gasteiger partial charge in [0.1, 0.15) is 0 Å². The summed E-state index contributed by atoms with van der Waals surface area (Å²) in [5.41, 5.74) is 2.69. The molecule has 0 radical (unpaired) electrons. The molecular weight excluding hydrogens is 334 g/mol. The largest absolute Gasteiger partial charge is 0.459 e. The average Bonchev–Trinajstić information content (AvgIpc) is 3.27. The number of fused-ring (bicyclic) bond motifs is 1. The fourth-order valence-corrected chi connectivity index (χ4v) is 2.98. The van der Waals surface area contributed by atoms with Crippen molar-refractivity contribution in [3.63, 3.8) is 0 Å². The van der Waals surface area contributed by atoms with Crippen LogP contribution in [-0.4, -0.2) is 30.8 Å². The van der Waals surface area contributed by atoms with E-state index in [9.17, 15) is 14.4 Å². The second-order valence-electron chi connectivity index (χ2n) is 6.15. The predicted octanol–water partition coefficient (Wildman–Crippen LogP) is 2.34. The number of hydrogen-bond acceptors (Lipinski definition) is 4. The summed E-state index contributed by atoms with van der Waals surface area (Å²) in [5, 5.41) is 5.56. The Morgan fingerprint density at radius 1 is 1.23 bits per heavy atom. The van der Waals surface area contributed by atoms with E-state index in [2.05, 4.69) is 10.6 Å². The highest BCUT2D eigenvalue weighted by atomic mass is 16.3. The van der Waals surface area contributed by atoms with Crippen molar-refractivity contribution < 1.29 is 18.8 Å². The number of hydrogen-bond donors (Lipinski definition) is 2. The zero-order valence-corrected chi connectivity index (χ0v) is 14.6. The van der Waals surface area contributed by atoms with Crippen molar-refractivity contribution in [3.8, 4) is 0 Å². The van der Waals surface area contributed by atoms with Crippen LogP contribution in [0.25, 0.3) is 0 Å². The van der Waals surface area contributed by atoms with E-state index in [0.29, 0.717) is 25.9 Å². The standard InChI is InChI=1S/C19H21N3O4/c1-13(23)22-10-8-14-12-15(6-7-16(14)22)21-18(24)5-2-9-20-19(25)17-4-3-11-26-17/h3-4,6-7,11-12H,2,5,8-10H2,1H3,(H,20,25)(H,21,24). The monoisotopic (exact) mass is 355 g/mol. The Labute approximate surface area is 151 Å². The van der Waals surface area contributed by atoms with Crippen LogP contribution in [0.4, 0.5) is 11.4 Å². The van der Waals surface area contributed by atoms with Gasteiger partial charge in [-0.2, -0.15) is 0 Å². The maximum atomic E-state index is 12.1. The molecule has 2 aromatic rings. The van der Waals surface area contributed by atoms with Crippen molar-refractivity contribution in [3.05, 3.63) is 47.9 Å². The number of carbonyl (C=O) groups excluding carboxylic acids is 3. The van der Waals surface area contributed by atoms with Crippen LogP contribution in [0.15, 0.2) is 41.0 Å². The molecule has 1 aromatic heterocycles. The minimum atomic E-state index is -0.288. The van der Waals surface area contributed by atoms with E-state index < -0.39 is 0 Å². The predicted molar refractivity (Wildman–Crippen MR) is 97.1 cm³/mol. The number of furan rings is 1. The molecule has 1 aliphatic rings. The van der Waals surface area contributed by atoms with Gasteiger partial charge in [0.2, 0.25) is 11.8 Å². The Morgan fingerprint density at radius 3 is 2.81 bits per heavy atom. The summed E-state index contributed by atoms with van der Waals surface area (Å²) in [6, 6.07) is 8.81. The van der Waals surface area contributed by atoms with E-state index in [1.54, 1.807) is 30.0 Å². The number of nitrogens with one attached hydrogen (secondary N) is 2. The molecule has 7 nitrogen and oxygen atoms in total. The van der Waals surface area contributed by atoms with Gasteiger partial charge >= 0.3 is 0 Å². The molecule has 0 bridgehead atoms. The van der Waals surface area contributed by atoms with Crippen molar-refractivity contribution in [1.82, 2.24) is 5.32 Å². The SMILES string of the molecule is CC(=O)N1CCc2cc(NC(=O)CCCNC(=O)c3ccco3)ccc21. The first-order valence-electron chi connectivity index (χ1n) is 8.57. The van der Waals surface area contributed by atoms with Crippen LogP contribution in [0.5, 0.6) is 0 Å². The average molecular weight is 355 g/mol. The summed E-state index contributed by atoms with van der Waals surface area (Å²) in [6.45, 7) is 2.62. The Hall–Kier alpha value is -3.09. The maximum absolute atomic E-state index is 12.1. The third-order valence-corrected chi connectivity index (χ3v) is 4.25. The van der Waals surface area contributed by atoms with Crippen LogP contribution >= 0.6 is 0 Å². The smallest absolute Gasteiger partial charge is 0.286 e. The fraction of sp³-hybridized carbons (Fsp3) is 0.316. The topological polar surface area (TPSA) is 91.7 Å². The summed E-state index contributed by atoms with van der Waals surface area (Å²) in [4.78, 5) is 37.0. The first kappa shape index (κ1) is 17.7. The molecule has 3 rings (SSSR count). The van der Waals surface area contributed by atoms with Crippen LogP contribution in [0.2, 0.25) is 0 Å². The lowest BCUT2D eigenvalue weighted by Gasteiger charge is -2.15. The summed E-state index contributed by atoms with van der Waals surface area (Å²) in [6.07, 6.45) is 3.06. The van der Waals surface area contributed by atoms with E-state index in [4.69, 9.17) is 4.42 Å². The Morgan fingerprint density at radius 2 is 2.08 bits per heavy atom. The molecule has 7 heteroatoms. The molecule has 2 N–H and O–H groups in total. The Balaban J connectivity index is 1.44. The van der Waals surface area contributed by atoms with Gasteiger partial charge in [-0.25, -0.2) is 0 Å². The summed E-state index contributed by atoms with van der Waals surface area (Å²) in [7, 11) is 0. The molecule has 0 atom stereocenters. The molecule has 0 fully saturated rings. The highest BCUT2D eigenvalue weighted by Gasteiger charge is 2.22. The molecular formula is C19H21N3O4. The zero-order chi connectivity index (χ0) is 18.5. The van der Waals surface area contributed by atoms with Crippen LogP contribution in [0.1, 0.15) is 35.9 Å². The van der Waals surface area contributed by atoms with Crippen molar-refractivity contribution in [2.45, 2.75) is 26.2 Å². The summed E-state index contributed by atoms with van der Waals surface area (Å²) in [5.74, 6) is -0.119. The number of rotatable bonds is 6. The van der Waals surface area contributed by atoms with Gasteiger partial charge in [-0.1, -0.05) is 0 Å². The van der Waals surface area contributed by atoms with Crippen molar-refractivity contribution in [2.75, 3.05) is 23.3 Å². The molecule has 0 unspecified atom stereocenters. The quantitative estimate of drug-likeness (QED) is 0.778. The number of amides is 3. The molecule has 0 spiro atoms. The van der Waals surface area contributed by atoms with Gasteiger partial charge in [0.25, 0.3) is 5.91 Å². The molecule has 0 saturated heterocycles. The lowest BCUT2D eigenvalue weighted by Crippen LogP contribution is -2.25. The van der Waals surface area contributed by atoms with Crippen molar-refractivity contribution in [2.24, 2.45) is 0 Å². The van der Waals surface area contributed by atoms with E-state index in [1.165, 1.54) is 6.26 Å².